The summed E-state index contributed by atoms with van der Waals surface area (Å²) < 4.78 is 27.3. The van der Waals surface area contributed by atoms with E-state index in [4.69, 9.17) is 11.6 Å². The zero-order valence-corrected chi connectivity index (χ0v) is 13.6. The van der Waals surface area contributed by atoms with Gasteiger partial charge < -0.3 is 0 Å². The number of amides is 1. The van der Waals surface area contributed by atoms with Gasteiger partial charge in [0.15, 0.2) is 0 Å². The van der Waals surface area contributed by atoms with Crippen LogP contribution in [0, 0.1) is 0 Å². The number of aromatic nitrogens is 2. The predicted octanol–water partition coefficient (Wildman–Crippen LogP) is 1.90. The van der Waals surface area contributed by atoms with Crippen molar-refractivity contribution in [3.05, 3.63) is 47.2 Å². The summed E-state index contributed by atoms with van der Waals surface area (Å²) in [7, 11) is -2.24. The van der Waals surface area contributed by atoms with Gasteiger partial charge in [-0.1, -0.05) is 23.7 Å². The molecule has 6 nitrogen and oxygen atoms in total. The number of sulfonamides is 1. The molecule has 8 heteroatoms. The lowest BCUT2D eigenvalue weighted by Crippen LogP contribution is -2.30. The average Bonchev–Trinajstić information content (AvgIpc) is 2.88. The first-order valence-electron chi connectivity index (χ1n) is 6.65. The predicted molar refractivity (Wildman–Crippen MR) is 82.9 cm³/mol. The Morgan fingerprint density at radius 3 is 2.59 bits per heavy atom. The Labute approximate surface area is 134 Å². The first kappa shape index (κ1) is 16.5. The first-order chi connectivity index (χ1) is 10.4. The summed E-state index contributed by atoms with van der Waals surface area (Å²) in [4.78, 5) is 11.7. The Morgan fingerprint density at radius 1 is 1.32 bits per heavy atom. The molecular formula is C14H16ClN3O3S. The molecule has 0 aliphatic carbocycles. The minimum Gasteiger partial charge on any atom is -0.274 e. The zero-order chi connectivity index (χ0) is 16.2. The third-order valence-corrected chi connectivity index (χ3v) is 4.60. The van der Waals surface area contributed by atoms with Gasteiger partial charge in [0, 0.05) is 24.7 Å². The van der Waals surface area contributed by atoms with Crippen LogP contribution in [0.5, 0.6) is 0 Å². The van der Waals surface area contributed by atoms with E-state index in [-0.39, 0.29) is 11.3 Å². The van der Waals surface area contributed by atoms with Crippen LogP contribution in [0.25, 0.3) is 0 Å². The monoisotopic (exact) mass is 341 g/mol. The van der Waals surface area contributed by atoms with E-state index in [1.165, 1.54) is 17.1 Å². The van der Waals surface area contributed by atoms with Crippen LogP contribution in [0.15, 0.2) is 41.6 Å². The maximum absolute atomic E-state index is 11.9. The minimum absolute atomic E-state index is 0.0268. The quantitative estimate of drug-likeness (QED) is 0.870. The van der Waals surface area contributed by atoms with Crippen molar-refractivity contribution in [2.75, 3.05) is 0 Å². The van der Waals surface area contributed by atoms with Crippen LogP contribution in [-0.4, -0.2) is 24.1 Å². The molecule has 0 aliphatic heterocycles. The number of hydrogen-bond donors (Lipinski definition) is 1. The van der Waals surface area contributed by atoms with Gasteiger partial charge in [-0.2, -0.15) is 5.10 Å². The largest absolute Gasteiger partial charge is 0.274 e. The summed E-state index contributed by atoms with van der Waals surface area (Å²) in [5.41, 5.74) is 1.05. The van der Waals surface area contributed by atoms with Gasteiger partial charge in [0.25, 0.3) is 10.0 Å². The molecule has 0 saturated carbocycles. The number of carbonyl (C=O) groups excluding carboxylic acids is 1. The van der Waals surface area contributed by atoms with Crippen molar-refractivity contribution in [3.8, 4) is 0 Å². The number of halogens is 1. The van der Waals surface area contributed by atoms with Crippen LogP contribution in [-0.2, 0) is 28.3 Å². The number of hydrogen-bond acceptors (Lipinski definition) is 4. The van der Waals surface area contributed by atoms with E-state index in [0.717, 1.165) is 5.56 Å². The van der Waals surface area contributed by atoms with E-state index in [2.05, 4.69) is 5.10 Å². The number of benzene rings is 1. The van der Waals surface area contributed by atoms with Crippen LogP contribution in [0.4, 0.5) is 0 Å². The second-order valence-corrected chi connectivity index (χ2v) is 6.98. The molecule has 0 fully saturated rings. The minimum atomic E-state index is -3.84. The maximum atomic E-state index is 11.9. The van der Waals surface area contributed by atoms with Crippen LogP contribution < -0.4 is 4.72 Å². The van der Waals surface area contributed by atoms with Crippen molar-refractivity contribution in [2.24, 2.45) is 7.05 Å². The van der Waals surface area contributed by atoms with E-state index in [1.807, 2.05) is 16.9 Å². The fourth-order valence-electron chi connectivity index (χ4n) is 1.90. The highest BCUT2D eigenvalue weighted by atomic mass is 35.5. The van der Waals surface area contributed by atoms with E-state index in [9.17, 15) is 13.2 Å². The molecule has 22 heavy (non-hydrogen) atoms. The highest BCUT2D eigenvalue weighted by Gasteiger charge is 2.18. The lowest BCUT2D eigenvalue weighted by Gasteiger charge is -2.05. The lowest BCUT2D eigenvalue weighted by molar-refractivity contribution is -0.119. The molecule has 118 valence electrons. The lowest BCUT2D eigenvalue weighted by atomic mass is 10.1. The standard InChI is InChI=1S/C14H16ClN3O3S/c1-18-10-13(9-16-18)22(20,21)17-14(19)4-2-3-11-5-7-12(15)8-6-11/h5-10H,2-4H2,1H3,(H,17,19). The Bertz CT molecular complexity index is 754. The van der Waals surface area contributed by atoms with Crippen LogP contribution in [0.2, 0.25) is 5.02 Å². The number of nitrogens with zero attached hydrogens (tertiary/aromatic N) is 2. The second kappa shape index (κ2) is 6.93. The molecular weight excluding hydrogens is 326 g/mol. The maximum Gasteiger partial charge on any atom is 0.267 e. The molecule has 0 unspecified atom stereocenters. The van der Waals surface area contributed by atoms with Crippen molar-refractivity contribution in [3.63, 3.8) is 0 Å². The zero-order valence-electron chi connectivity index (χ0n) is 12.0. The molecule has 1 aromatic heterocycles. The third kappa shape index (κ3) is 4.57. The molecule has 0 radical (unpaired) electrons. The Balaban J connectivity index is 1.84. The molecule has 2 aromatic rings. The summed E-state index contributed by atoms with van der Waals surface area (Å²) in [5, 5.41) is 4.43. The Morgan fingerprint density at radius 2 is 2.00 bits per heavy atom. The van der Waals surface area contributed by atoms with Crippen molar-refractivity contribution >= 4 is 27.5 Å². The SMILES string of the molecule is Cn1cc(S(=O)(=O)NC(=O)CCCc2ccc(Cl)cc2)cn1. The smallest absolute Gasteiger partial charge is 0.267 e. The summed E-state index contributed by atoms with van der Waals surface area (Å²) >= 11 is 5.79. The second-order valence-electron chi connectivity index (χ2n) is 4.86. The molecule has 1 aromatic carbocycles. The Kier molecular flexibility index (Phi) is 5.20. The molecule has 1 N–H and O–H groups in total. The van der Waals surface area contributed by atoms with Gasteiger partial charge in [-0.05, 0) is 30.5 Å². The van der Waals surface area contributed by atoms with Crippen LogP contribution in [0.3, 0.4) is 0 Å². The van der Waals surface area contributed by atoms with Gasteiger partial charge in [-0.15, -0.1) is 0 Å². The van der Waals surface area contributed by atoms with E-state index >= 15 is 0 Å². The van der Waals surface area contributed by atoms with E-state index in [0.29, 0.717) is 17.9 Å². The van der Waals surface area contributed by atoms with Gasteiger partial charge in [0.05, 0.1) is 6.20 Å². The van der Waals surface area contributed by atoms with Gasteiger partial charge in [-0.25, -0.2) is 13.1 Å². The molecule has 0 aliphatic rings. The summed E-state index contributed by atoms with van der Waals surface area (Å²) in [6.07, 6.45) is 3.89. The molecule has 1 heterocycles. The molecule has 2 rings (SSSR count). The van der Waals surface area contributed by atoms with Crippen molar-refractivity contribution in [2.45, 2.75) is 24.2 Å². The fraction of sp³-hybridized carbons (Fsp3) is 0.286. The average molecular weight is 342 g/mol. The van der Waals surface area contributed by atoms with Crippen molar-refractivity contribution in [1.29, 1.82) is 0 Å². The van der Waals surface area contributed by atoms with Crippen LogP contribution in [0.1, 0.15) is 18.4 Å². The number of carbonyl (C=O) groups is 1. The highest BCUT2D eigenvalue weighted by molar-refractivity contribution is 7.90. The van der Waals surface area contributed by atoms with Gasteiger partial charge >= 0.3 is 0 Å². The van der Waals surface area contributed by atoms with Gasteiger partial charge in [0.1, 0.15) is 4.90 Å². The third-order valence-electron chi connectivity index (χ3n) is 3.02. The number of nitrogens with one attached hydrogen (secondary N) is 1. The molecule has 1 amide bonds. The van der Waals surface area contributed by atoms with Crippen molar-refractivity contribution in [1.82, 2.24) is 14.5 Å². The molecule has 0 bridgehead atoms. The molecule has 0 atom stereocenters. The van der Waals surface area contributed by atoms with Crippen molar-refractivity contribution < 1.29 is 13.2 Å². The number of rotatable bonds is 6. The highest BCUT2D eigenvalue weighted by Crippen LogP contribution is 2.12. The summed E-state index contributed by atoms with van der Waals surface area (Å²) in [6.45, 7) is 0. The summed E-state index contributed by atoms with van der Waals surface area (Å²) in [6, 6.07) is 7.33. The molecule has 0 spiro atoms. The van der Waals surface area contributed by atoms with Gasteiger partial charge in [0.2, 0.25) is 5.91 Å². The van der Waals surface area contributed by atoms with Gasteiger partial charge in [-0.3, -0.25) is 9.48 Å². The summed E-state index contributed by atoms with van der Waals surface area (Å²) in [5.74, 6) is -0.530. The topological polar surface area (TPSA) is 81.1 Å². The van der Waals surface area contributed by atoms with Crippen LogP contribution >= 0.6 is 11.6 Å². The van der Waals surface area contributed by atoms with E-state index < -0.39 is 15.9 Å². The normalized spacial score (nSPS) is 11.4. The Hall–Kier alpha value is -1.86. The number of aryl methyl sites for hydroxylation is 2. The molecule has 0 saturated heterocycles. The first-order valence-corrected chi connectivity index (χ1v) is 8.52. The van der Waals surface area contributed by atoms with E-state index in [1.54, 1.807) is 19.2 Å². The fourth-order valence-corrected chi connectivity index (χ4v) is 3.02.